The number of aromatic nitrogens is 2. The van der Waals surface area contributed by atoms with Gasteiger partial charge in [0.25, 0.3) is 0 Å². The quantitative estimate of drug-likeness (QED) is 0.540. The van der Waals surface area contributed by atoms with E-state index < -0.39 is 0 Å². The van der Waals surface area contributed by atoms with Crippen molar-refractivity contribution in [3.05, 3.63) is 16.9 Å². The summed E-state index contributed by atoms with van der Waals surface area (Å²) in [5, 5.41) is 12.5. The van der Waals surface area contributed by atoms with E-state index in [9.17, 15) is 0 Å². The molecule has 4 heteroatoms. The summed E-state index contributed by atoms with van der Waals surface area (Å²) >= 11 is 5.59. The van der Waals surface area contributed by atoms with E-state index in [1.54, 1.807) is 7.05 Å². The topological polar surface area (TPSA) is 41.6 Å². The number of aryl methyl sites for hydroxylation is 1. The van der Waals surface area contributed by atoms with E-state index in [0.29, 0.717) is 10.7 Å². The second kappa shape index (κ2) is 2.08. The summed E-state index contributed by atoms with van der Waals surface area (Å²) in [6, 6.07) is 1.90. The van der Waals surface area contributed by atoms with Crippen LogP contribution in [0.15, 0.2) is 6.20 Å². The smallest absolute Gasteiger partial charge is 0.144 e. The summed E-state index contributed by atoms with van der Waals surface area (Å²) < 4.78 is 1.44. The molecule has 0 N–H and O–H groups in total. The van der Waals surface area contributed by atoms with Crippen LogP contribution >= 0.6 is 11.6 Å². The molecule has 0 aliphatic rings. The van der Waals surface area contributed by atoms with Gasteiger partial charge in [-0.2, -0.15) is 10.4 Å². The predicted octanol–water partition coefficient (Wildman–Crippen LogP) is 0.945. The summed E-state index contributed by atoms with van der Waals surface area (Å²) in [4.78, 5) is 0. The minimum Gasteiger partial charge on any atom is -0.256 e. The van der Waals surface area contributed by atoms with Gasteiger partial charge in [-0.25, -0.2) is 0 Å². The van der Waals surface area contributed by atoms with Crippen molar-refractivity contribution in [3.8, 4) is 6.07 Å². The maximum atomic E-state index is 8.34. The van der Waals surface area contributed by atoms with Crippen molar-refractivity contribution in [2.75, 3.05) is 0 Å². The Kier molecular flexibility index (Phi) is 1.41. The van der Waals surface area contributed by atoms with Crippen LogP contribution < -0.4 is 0 Å². The lowest BCUT2D eigenvalue weighted by molar-refractivity contribution is 0.768. The molecule has 0 amide bonds. The second-order valence-electron chi connectivity index (χ2n) is 1.58. The standard InChI is InChI=1S/C5H4ClN3/c1-9-5(6)4(2-7)3-8-9/h3H,1H3. The van der Waals surface area contributed by atoms with Crippen LogP contribution in [-0.4, -0.2) is 9.78 Å². The van der Waals surface area contributed by atoms with E-state index in [1.807, 2.05) is 6.07 Å². The van der Waals surface area contributed by atoms with Crippen LogP contribution in [0.3, 0.4) is 0 Å². The summed E-state index contributed by atoms with van der Waals surface area (Å²) in [5.41, 5.74) is 0.416. The Morgan fingerprint density at radius 1 is 1.89 bits per heavy atom. The molecule has 1 heterocycles. The maximum Gasteiger partial charge on any atom is 0.144 e. The van der Waals surface area contributed by atoms with Crippen LogP contribution in [0.4, 0.5) is 0 Å². The molecular weight excluding hydrogens is 138 g/mol. The molecule has 0 aliphatic heterocycles. The Balaban J connectivity index is 3.24. The van der Waals surface area contributed by atoms with Gasteiger partial charge in [-0.05, 0) is 0 Å². The molecule has 0 radical (unpaired) electrons. The van der Waals surface area contributed by atoms with Crippen molar-refractivity contribution in [3.63, 3.8) is 0 Å². The van der Waals surface area contributed by atoms with Gasteiger partial charge in [-0.3, -0.25) is 4.68 Å². The van der Waals surface area contributed by atoms with Gasteiger partial charge < -0.3 is 0 Å². The van der Waals surface area contributed by atoms with Crippen molar-refractivity contribution < 1.29 is 0 Å². The fourth-order valence-electron chi connectivity index (χ4n) is 0.498. The molecule has 0 saturated heterocycles. The lowest BCUT2D eigenvalue weighted by atomic mass is 10.4. The predicted molar refractivity (Wildman–Crippen MR) is 32.9 cm³/mol. The van der Waals surface area contributed by atoms with Gasteiger partial charge in [0.15, 0.2) is 0 Å². The highest BCUT2D eigenvalue weighted by molar-refractivity contribution is 6.30. The average molecular weight is 142 g/mol. The van der Waals surface area contributed by atoms with E-state index in [-0.39, 0.29) is 0 Å². The Morgan fingerprint density at radius 2 is 2.56 bits per heavy atom. The number of halogens is 1. The van der Waals surface area contributed by atoms with Gasteiger partial charge in [-0.1, -0.05) is 11.6 Å². The summed E-state index contributed by atoms with van der Waals surface area (Å²) in [6.07, 6.45) is 1.43. The van der Waals surface area contributed by atoms with E-state index in [2.05, 4.69) is 5.10 Å². The molecule has 0 fully saturated rings. The molecule has 1 rings (SSSR count). The lowest BCUT2D eigenvalue weighted by Gasteiger charge is -1.86. The second-order valence-corrected chi connectivity index (χ2v) is 1.94. The van der Waals surface area contributed by atoms with Crippen LogP contribution in [0, 0.1) is 11.3 Å². The highest BCUT2D eigenvalue weighted by atomic mass is 35.5. The van der Waals surface area contributed by atoms with Gasteiger partial charge in [0.05, 0.1) is 6.20 Å². The highest BCUT2D eigenvalue weighted by Crippen LogP contribution is 2.11. The van der Waals surface area contributed by atoms with E-state index >= 15 is 0 Å². The minimum absolute atomic E-state index is 0.387. The van der Waals surface area contributed by atoms with E-state index in [1.165, 1.54) is 10.9 Å². The van der Waals surface area contributed by atoms with Gasteiger partial charge >= 0.3 is 0 Å². The zero-order chi connectivity index (χ0) is 6.85. The molecule has 9 heavy (non-hydrogen) atoms. The van der Waals surface area contributed by atoms with Crippen LogP contribution in [0.5, 0.6) is 0 Å². The molecule has 0 unspecified atom stereocenters. The largest absolute Gasteiger partial charge is 0.256 e. The molecule has 3 nitrogen and oxygen atoms in total. The number of hydrogen-bond acceptors (Lipinski definition) is 2. The van der Waals surface area contributed by atoms with Gasteiger partial charge in [0, 0.05) is 7.05 Å². The Bertz CT molecular complexity index is 258. The van der Waals surface area contributed by atoms with Crippen LogP contribution in [-0.2, 0) is 7.05 Å². The van der Waals surface area contributed by atoms with Gasteiger partial charge in [0.1, 0.15) is 16.8 Å². The molecule has 0 atom stereocenters. The van der Waals surface area contributed by atoms with Crippen molar-refractivity contribution in [1.82, 2.24) is 9.78 Å². The zero-order valence-corrected chi connectivity index (χ0v) is 5.55. The van der Waals surface area contributed by atoms with Crippen LogP contribution in [0.25, 0.3) is 0 Å². The fourth-order valence-corrected chi connectivity index (χ4v) is 0.632. The number of rotatable bonds is 0. The molecule has 0 aliphatic carbocycles. The number of hydrogen-bond donors (Lipinski definition) is 0. The normalized spacial score (nSPS) is 9.00. The Labute approximate surface area is 57.5 Å². The molecule has 0 bridgehead atoms. The molecule has 0 aromatic carbocycles. The summed E-state index contributed by atoms with van der Waals surface area (Å²) in [6.45, 7) is 0. The summed E-state index contributed by atoms with van der Waals surface area (Å²) in [5.74, 6) is 0. The third kappa shape index (κ3) is 0.889. The van der Waals surface area contributed by atoms with Crippen molar-refractivity contribution in [2.24, 2.45) is 7.05 Å². The minimum atomic E-state index is 0.387. The van der Waals surface area contributed by atoms with Gasteiger partial charge in [-0.15, -0.1) is 0 Å². The first kappa shape index (κ1) is 6.12. The Hall–Kier alpha value is -1.01. The number of nitrogens with zero attached hydrogens (tertiary/aromatic N) is 3. The molecule has 46 valence electrons. The van der Waals surface area contributed by atoms with Crippen molar-refractivity contribution >= 4 is 11.6 Å². The third-order valence-electron chi connectivity index (χ3n) is 0.987. The third-order valence-corrected chi connectivity index (χ3v) is 1.44. The first-order valence-corrected chi connectivity index (χ1v) is 2.71. The Morgan fingerprint density at radius 3 is 2.78 bits per heavy atom. The van der Waals surface area contributed by atoms with Crippen LogP contribution in [0.2, 0.25) is 5.15 Å². The molecule has 0 spiro atoms. The monoisotopic (exact) mass is 141 g/mol. The van der Waals surface area contributed by atoms with Crippen molar-refractivity contribution in [2.45, 2.75) is 0 Å². The van der Waals surface area contributed by atoms with Gasteiger partial charge in [0.2, 0.25) is 0 Å². The van der Waals surface area contributed by atoms with E-state index in [4.69, 9.17) is 16.9 Å². The lowest BCUT2D eigenvalue weighted by Crippen LogP contribution is -1.87. The molecule has 1 aromatic heterocycles. The fraction of sp³-hybridized carbons (Fsp3) is 0.200. The van der Waals surface area contributed by atoms with Crippen molar-refractivity contribution in [1.29, 1.82) is 5.26 Å². The first-order valence-electron chi connectivity index (χ1n) is 2.33. The molecule has 1 aromatic rings. The highest BCUT2D eigenvalue weighted by Gasteiger charge is 2.01. The first-order chi connectivity index (χ1) is 4.25. The van der Waals surface area contributed by atoms with Crippen LogP contribution in [0.1, 0.15) is 5.56 Å². The molecular formula is C5H4ClN3. The SMILES string of the molecule is Cn1ncc(C#N)c1Cl. The van der Waals surface area contributed by atoms with E-state index in [0.717, 1.165) is 0 Å². The molecule has 0 saturated carbocycles. The average Bonchev–Trinajstić information content (AvgIpc) is 2.15. The zero-order valence-electron chi connectivity index (χ0n) is 4.80. The summed E-state index contributed by atoms with van der Waals surface area (Å²) in [7, 11) is 1.68. The maximum absolute atomic E-state index is 8.34. The number of nitriles is 1.